The van der Waals surface area contributed by atoms with Crippen molar-refractivity contribution >= 4 is 0 Å². The fraction of sp³-hybridized carbons (Fsp3) is 1.00. The van der Waals surface area contributed by atoms with Crippen LogP contribution < -0.4 is 5.73 Å². The van der Waals surface area contributed by atoms with Crippen LogP contribution in [0.25, 0.3) is 0 Å². The van der Waals surface area contributed by atoms with Crippen molar-refractivity contribution in [2.24, 2.45) is 11.0 Å². The van der Waals surface area contributed by atoms with E-state index in [9.17, 15) is 10.4 Å². The van der Waals surface area contributed by atoms with Gasteiger partial charge in [-0.25, -0.2) is 0 Å². The molecule has 0 saturated heterocycles. The summed E-state index contributed by atoms with van der Waals surface area (Å²) in [4.78, 5) is -0.0488. The fourth-order valence-electron chi connectivity index (χ4n) is 0.335. The molecule has 0 bridgehead atoms. The van der Waals surface area contributed by atoms with E-state index in [-0.39, 0.29) is 4.97 Å². The molecule has 0 aromatic rings. The summed E-state index contributed by atoms with van der Waals surface area (Å²) in [6, 6.07) is 0. The van der Waals surface area contributed by atoms with Crippen LogP contribution in [0.15, 0.2) is 5.28 Å². The molecule has 0 aliphatic rings. The summed E-state index contributed by atoms with van der Waals surface area (Å²) < 4.78 is 0. The molecule has 0 aliphatic carbocycles. The van der Waals surface area contributed by atoms with E-state index in [1.165, 1.54) is 7.05 Å². The highest BCUT2D eigenvalue weighted by Gasteiger charge is 1.98. The summed E-state index contributed by atoms with van der Waals surface area (Å²) >= 11 is 0. The predicted molar refractivity (Wildman–Crippen MR) is 31.1 cm³/mol. The minimum atomic E-state index is -0.0488. The summed E-state index contributed by atoms with van der Waals surface area (Å²) in [6.07, 6.45) is 0. The molecule has 0 aromatic heterocycles. The van der Waals surface area contributed by atoms with E-state index in [0.717, 1.165) is 5.01 Å². The molecule has 0 saturated carbocycles. The van der Waals surface area contributed by atoms with E-state index >= 15 is 0 Å². The Morgan fingerprint density at radius 2 is 2.33 bits per heavy atom. The molecule has 0 heterocycles. The molecular weight excluding hydrogens is 124 g/mol. The number of hydrogen-bond donors (Lipinski definition) is 1. The van der Waals surface area contributed by atoms with Gasteiger partial charge in [0.1, 0.15) is 0 Å². The largest absolute Gasteiger partial charge is 0.737 e. The summed E-state index contributed by atoms with van der Waals surface area (Å²) in [6.45, 7) is 0.653. The quantitative estimate of drug-likeness (QED) is 0.311. The first-order valence-electron chi connectivity index (χ1n) is 2.44. The van der Waals surface area contributed by atoms with Gasteiger partial charge < -0.3 is 16.1 Å². The second-order valence-corrected chi connectivity index (χ2v) is 1.50. The Bertz CT molecular complexity index is 104. The molecule has 2 N–H and O–H groups in total. The Balaban J connectivity index is 3.59. The van der Waals surface area contributed by atoms with E-state index in [2.05, 4.69) is 5.28 Å². The molecule has 0 spiro atoms. The zero-order chi connectivity index (χ0) is 7.28. The molecule has 0 fully saturated rings. The Morgan fingerprint density at radius 1 is 1.78 bits per heavy atom. The number of nitrogens with two attached hydrogens (primary N) is 1. The second-order valence-electron chi connectivity index (χ2n) is 1.50. The Morgan fingerprint density at radius 3 is 2.67 bits per heavy atom. The maximum absolute atomic E-state index is 10.2. The maximum atomic E-state index is 10.2. The molecule has 0 radical (unpaired) electrons. The van der Waals surface area contributed by atoms with Gasteiger partial charge in [-0.2, -0.15) is 5.01 Å². The van der Waals surface area contributed by atoms with Crippen LogP contribution in [0.1, 0.15) is 0 Å². The van der Waals surface area contributed by atoms with Crippen molar-refractivity contribution in [2.75, 3.05) is 20.1 Å². The highest BCUT2D eigenvalue weighted by Crippen LogP contribution is 1.81. The zero-order valence-electron chi connectivity index (χ0n) is 5.15. The van der Waals surface area contributed by atoms with E-state index in [4.69, 9.17) is 5.73 Å². The van der Waals surface area contributed by atoms with Crippen molar-refractivity contribution in [1.29, 1.82) is 0 Å². The molecule has 0 rings (SSSR count). The van der Waals surface area contributed by atoms with Crippen molar-refractivity contribution in [3.63, 3.8) is 0 Å². The molecule has 0 unspecified atom stereocenters. The van der Waals surface area contributed by atoms with Crippen LogP contribution in [0.2, 0.25) is 0 Å². The lowest BCUT2D eigenvalue weighted by atomic mass is 10.6. The second kappa shape index (κ2) is 3.90. The van der Waals surface area contributed by atoms with Crippen molar-refractivity contribution in [2.45, 2.75) is 0 Å². The molecule has 0 aliphatic heterocycles. The topological polar surface area (TPSA) is 90.8 Å². The van der Waals surface area contributed by atoms with Crippen LogP contribution >= 0.6 is 0 Å². The molecule has 0 aromatic carbocycles. The van der Waals surface area contributed by atoms with Gasteiger partial charge in [-0.3, -0.25) is 0 Å². The van der Waals surface area contributed by atoms with Crippen LogP contribution in [-0.2, 0) is 0 Å². The average molecular weight is 133 g/mol. The van der Waals surface area contributed by atoms with Gasteiger partial charge in [-0.05, 0) is 5.28 Å². The van der Waals surface area contributed by atoms with E-state index in [1.54, 1.807) is 0 Å². The summed E-state index contributed by atoms with van der Waals surface area (Å²) in [5, 5.41) is 22.9. The highest BCUT2D eigenvalue weighted by atomic mass is 16.6. The normalized spacial score (nSPS) is 11.6. The SMILES string of the molecule is CN(CCN)/[N+]([O-])=N/[O-]. The van der Waals surface area contributed by atoms with Crippen LogP contribution in [0, 0.1) is 10.4 Å². The highest BCUT2D eigenvalue weighted by molar-refractivity contribution is 4.34. The molecular formula is C3H9N4O2-. The van der Waals surface area contributed by atoms with Crippen molar-refractivity contribution in [3.05, 3.63) is 10.4 Å². The Kier molecular flexibility index (Phi) is 3.45. The molecule has 6 heteroatoms. The first kappa shape index (κ1) is 7.96. The van der Waals surface area contributed by atoms with Gasteiger partial charge in [0.15, 0.2) is 0 Å². The number of nitrogens with zero attached hydrogens (tertiary/aromatic N) is 3. The van der Waals surface area contributed by atoms with Gasteiger partial charge in [-0.15, -0.1) is 0 Å². The van der Waals surface area contributed by atoms with E-state index in [0.29, 0.717) is 13.1 Å². The predicted octanol–water partition coefficient (Wildman–Crippen LogP) is -0.748. The van der Waals surface area contributed by atoms with Crippen molar-refractivity contribution < 1.29 is 4.97 Å². The minimum Gasteiger partial charge on any atom is -0.737 e. The molecule has 0 atom stereocenters. The number of likely N-dealkylation sites (N-methyl/N-ethyl adjacent to an activating group) is 1. The minimum absolute atomic E-state index is 0.0488. The van der Waals surface area contributed by atoms with Gasteiger partial charge in [-0.1, -0.05) is 0 Å². The third-order valence-corrected chi connectivity index (χ3v) is 0.815. The van der Waals surface area contributed by atoms with Crippen LogP contribution in [0.3, 0.4) is 0 Å². The van der Waals surface area contributed by atoms with Crippen molar-refractivity contribution in [1.82, 2.24) is 5.01 Å². The van der Waals surface area contributed by atoms with Gasteiger partial charge in [0, 0.05) is 11.5 Å². The first-order valence-corrected chi connectivity index (χ1v) is 2.44. The van der Waals surface area contributed by atoms with Crippen LogP contribution in [0.5, 0.6) is 0 Å². The third-order valence-electron chi connectivity index (χ3n) is 0.815. The first-order chi connectivity index (χ1) is 4.22. The summed E-state index contributed by atoms with van der Waals surface area (Å²) in [7, 11) is 1.43. The third kappa shape index (κ3) is 2.70. The molecule has 0 amide bonds. The van der Waals surface area contributed by atoms with Gasteiger partial charge in [0.25, 0.3) is 0 Å². The van der Waals surface area contributed by atoms with Gasteiger partial charge in [0.2, 0.25) is 0 Å². The standard InChI is InChI=1S/C3H10N4O2/c1-6(3-2-4)7(9)5-8/h8H,2-4H2,1H3/p-1/b7-5-. The zero-order valence-corrected chi connectivity index (χ0v) is 5.15. The van der Waals surface area contributed by atoms with E-state index in [1.807, 2.05) is 0 Å². The lowest BCUT2D eigenvalue weighted by Gasteiger charge is -2.12. The molecule has 9 heavy (non-hydrogen) atoms. The number of hydrogen-bond acceptors (Lipinski definition) is 4. The van der Waals surface area contributed by atoms with Crippen LogP contribution in [0.4, 0.5) is 0 Å². The van der Waals surface area contributed by atoms with Crippen LogP contribution in [-0.4, -0.2) is 30.1 Å². The smallest absolute Gasteiger partial charge is 0.0886 e. The lowest BCUT2D eigenvalue weighted by molar-refractivity contribution is -0.683. The Hall–Kier alpha value is -1.04. The molecule has 54 valence electrons. The van der Waals surface area contributed by atoms with Crippen molar-refractivity contribution in [3.8, 4) is 0 Å². The monoisotopic (exact) mass is 133 g/mol. The number of rotatable bonds is 3. The fourth-order valence-corrected chi connectivity index (χ4v) is 0.335. The Labute approximate surface area is 52.7 Å². The maximum Gasteiger partial charge on any atom is 0.0886 e. The lowest BCUT2D eigenvalue weighted by Crippen LogP contribution is -2.31. The number of hydrazine groups is 1. The summed E-state index contributed by atoms with van der Waals surface area (Å²) in [5.41, 5.74) is 5.07. The molecule has 6 nitrogen and oxygen atoms in total. The van der Waals surface area contributed by atoms with Gasteiger partial charge in [0.05, 0.1) is 13.6 Å². The van der Waals surface area contributed by atoms with Gasteiger partial charge >= 0.3 is 0 Å². The average Bonchev–Trinajstić information content (AvgIpc) is 1.87. The summed E-state index contributed by atoms with van der Waals surface area (Å²) in [5.74, 6) is 0. The van der Waals surface area contributed by atoms with E-state index < -0.39 is 0 Å².